The van der Waals surface area contributed by atoms with Crippen molar-refractivity contribution < 1.29 is 33.4 Å². The minimum absolute atomic E-state index is 0.0579. The lowest BCUT2D eigenvalue weighted by molar-refractivity contribution is -0.384. The van der Waals surface area contributed by atoms with Gasteiger partial charge >= 0.3 is 6.09 Å². The number of ether oxygens (including phenoxy) is 5. The third-order valence-electron chi connectivity index (χ3n) is 8.95. The molecule has 4 atom stereocenters. The van der Waals surface area contributed by atoms with Crippen molar-refractivity contribution in [3.8, 4) is 0 Å². The zero-order valence-corrected chi connectivity index (χ0v) is 27.6. The first-order valence-corrected chi connectivity index (χ1v) is 17.3. The summed E-state index contributed by atoms with van der Waals surface area (Å²) in [7, 11) is 0. The predicted octanol–water partition coefficient (Wildman–Crippen LogP) is 7.57. The van der Waals surface area contributed by atoms with Crippen molar-refractivity contribution in [3.63, 3.8) is 0 Å². The Morgan fingerprint density at radius 2 is 1.62 bits per heavy atom. The van der Waals surface area contributed by atoms with Gasteiger partial charge in [0.25, 0.3) is 5.69 Å². The molecular formula is C34H55N3O8. The lowest BCUT2D eigenvalue weighted by atomic mass is 10.0. The molecule has 0 spiro atoms. The smallest absolute Gasteiger partial charge is 0.412 e. The molecular weight excluding hydrogens is 578 g/mol. The van der Waals surface area contributed by atoms with Gasteiger partial charge < -0.3 is 28.6 Å². The highest BCUT2D eigenvalue weighted by Crippen LogP contribution is 2.47. The van der Waals surface area contributed by atoms with E-state index < -0.39 is 40.9 Å². The number of hydrogen-bond acceptors (Lipinski definition) is 9. The van der Waals surface area contributed by atoms with Gasteiger partial charge in [0.1, 0.15) is 12.7 Å². The second-order valence-electron chi connectivity index (χ2n) is 13.2. The summed E-state index contributed by atoms with van der Waals surface area (Å²) in [5.74, 6) is -2.12. The lowest BCUT2D eigenvalue weighted by Gasteiger charge is -2.29. The molecule has 3 aliphatic heterocycles. The number of amides is 1. The van der Waals surface area contributed by atoms with E-state index in [1.807, 2.05) is 13.8 Å². The highest BCUT2D eigenvalue weighted by Gasteiger charge is 2.66. The zero-order valence-electron chi connectivity index (χ0n) is 27.6. The molecule has 0 saturated carbocycles. The summed E-state index contributed by atoms with van der Waals surface area (Å²) >= 11 is 0. The molecule has 4 rings (SSSR count). The first kappa shape index (κ1) is 35.5. The molecule has 1 N–H and O–H groups in total. The van der Waals surface area contributed by atoms with Crippen LogP contribution in [0.15, 0.2) is 24.3 Å². The molecule has 3 saturated heterocycles. The third-order valence-corrected chi connectivity index (χ3v) is 8.95. The number of fused-ring (bicyclic) bond motifs is 1. The minimum Gasteiger partial charge on any atom is -0.440 e. The van der Waals surface area contributed by atoms with Crippen LogP contribution in [0.2, 0.25) is 0 Å². The van der Waals surface area contributed by atoms with Gasteiger partial charge in [-0.15, -0.1) is 0 Å². The predicted molar refractivity (Wildman–Crippen MR) is 172 cm³/mol. The molecule has 3 aliphatic rings. The Kier molecular flexibility index (Phi) is 13.9. The first-order chi connectivity index (χ1) is 21.7. The maximum Gasteiger partial charge on any atom is 0.412 e. The van der Waals surface area contributed by atoms with Crippen molar-refractivity contribution in [1.29, 1.82) is 0 Å². The number of unbranched alkanes of at least 4 members (excludes halogenated alkanes) is 9. The Hall–Kier alpha value is -2.31. The van der Waals surface area contributed by atoms with E-state index in [1.54, 1.807) is 0 Å². The first-order valence-electron chi connectivity index (χ1n) is 17.3. The SMILES string of the molecule is CCCCCCCCCCCCOC[C@@]12O[C@@H](CCCN3CCCC3)[C@@H](OC(=O)Nc3ccc([N+](=O)[O-])cc3)[C@@H]1OC(C)(C)O2. The number of nitrogens with zero attached hydrogens (tertiary/aromatic N) is 2. The van der Waals surface area contributed by atoms with Crippen molar-refractivity contribution in [2.75, 3.05) is 38.2 Å². The molecule has 3 fully saturated rings. The van der Waals surface area contributed by atoms with Crippen molar-refractivity contribution >= 4 is 17.5 Å². The number of nitrogens with one attached hydrogen (secondary N) is 1. The summed E-state index contributed by atoms with van der Waals surface area (Å²) < 4.78 is 31.5. The summed E-state index contributed by atoms with van der Waals surface area (Å²) in [4.78, 5) is 26.1. The van der Waals surface area contributed by atoms with Crippen LogP contribution in [0.3, 0.4) is 0 Å². The average Bonchev–Trinajstić information content (AvgIpc) is 3.67. The molecule has 0 aromatic heterocycles. The maximum atomic E-state index is 13.1. The van der Waals surface area contributed by atoms with Gasteiger partial charge in [-0.1, -0.05) is 64.7 Å². The Morgan fingerprint density at radius 3 is 2.27 bits per heavy atom. The quantitative estimate of drug-likeness (QED) is 0.0880. The van der Waals surface area contributed by atoms with Crippen LogP contribution in [0.4, 0.5) is 16.2 Å². The molecule has 1 aromatic carbocycles. The van der Waals surface area contributed by atoms with Gasteiger partial charge in [-0.05, 0) is 77.7 Å². The molecule has 1 aromatic rings. The van der Waals surface area contributed by atoms with E-state index in [4.69, 9.17) is 23.7 Å². The highest BCUT2D eigenvalue weighted by molar-refractivity contribution is 5.84. The van der Waals surface area contributed by atoms with Crippen molar-refractivity contribution in [3.05, 3.63) is 34.4 Å². The van der Waals surface area contributed by atoms with Crippen LogP contribution >= 0.6 is 0 Å². The van der Waals surface area contributed by atoms with E-state index >= 15 is 0 Å². The normalized spacial score (nSPS) is 25.8. The van der Waals surface area contributed by atoms with Crippen LogP contribution < -0.4 is 5.32 Å². The van der Waals surface area contributed by atoms with Crippen LogP contribution in [0.25, 0.3) is 0 Å². The standard InChI is InChI=1S/C34H55N3O8/c1-4-5-6-7-8-9-10-11-12-15-25-41-26-34-31(44-33(2,3)45-34)30(29(43-34)17-16-24-36-22-13-14-23-36)42-32(38)35-27-18-20-28(21-19-27)37(39)40/h18-21,29-31H,4-17,22-26H2,1-3H3,(H,35,38)/t29-,30+,31-,34-/m0/s1. The molecule has 0 radical (unpaired) electrons. The Bertz CT molecular complexity index is 1050. The van der Waals surface area contributed by atoms with Crippen molar-refractivity contribution in [2.45, 2.75) is 141 Å². The number of rotatable bonds is 20. The van der Waals surface area contributed by atoms with Crippen LogP contribution in [0.1, 0.15) is 111 Å². The van der Waals surface area contributed by atoms with Crippen molar-refractivity contribution in [1.82, 2.24) is 4.90 Å². The van der Waals surface area contributed by atoms with Gasteiger partial charge in [0.05, 0.1) is 4.92 Å². The van der Waals surface area contributed by atoms with Gasteiger partial charge in [-0.3, -0.25) is 15.4 Å². The molecule has 11 nitrogen and oxygen atoms in total. The summed E-state index contributed by atoms with van der Waals surface area (Å²) in [6, 6.07) is 5.62. The van der Waals surface area contributed by atoms with E-state index in [0.29, 0.717) is 18.7 Å². The summed E-state index contributed by atoms with van der Waals surface area (Å²) in [6.45, 7) is 9.88. The summed E-state index contributed by atoms with van der Waals surface area (Å²) in [6.07, 6.45) is 14.1. The van der Waals surface area contributed by atoms with Crippen LogP contribution in [0, 0.1) is 10.1 Å². The van der Waals surface area contributed by atoms with E-state index in [-0.39, 0.29) is 12.3 Å². The third kappa shape index (κ3) is 10.9. The number of hydrogen-bond donors (Lipinski definition) is 1. The number of non-ortho nitro benzene ring substituents is 1. The molecule has 11 heteroatoms. The van der Waals surface area contributed by atoms with Gasteiger partial charge in [0.2, 0.25) is 5.79 Å². The van der Waals surface area contributed by atoms with E-state index in [0.717, 1.165) is 38.9 Å². The molecule has 0 unspecified atom stereocenters. The van der Waals surface area contributed by atoms with Gasteiger partial charge in [0.15, 0.2) is 18.0 Å². The number of nitro benzene ring substituents is 1. The van der Waals surface area contributed by atoms with Crippen LogP contribution in [0.5, 0.6) is 0 Å². The van der Waals surface area contributed by atoms with Gasteiger partial charge in [0, 0.05) is 24.4 Å². The molecule has 1 amide bonds. The Balaban J connectivity index is 1.31. The van der Waals surface area contributed by atoms with Gasteiger partial charge in [-0.25, -0.2) is 4.79 Å². The molecule has 3 heterocycles. The zero-order chi connectivity index (χ0) is 32.1. The fourth-order valence-corrected chi connectivity index (χ4v) is 6.69. The number of carbonyl (C=O) groups is 1. The van der Waals surface area contributed by atoms with E-state index in [2.05, 4.69) is 17.1 Å². The molecule has 0 aliphatic carbocycles. The van der Waals surface area contributed by atoms with Gasteiger partial charge in [-0.2, -0.15) is 0 Å². The van der Waals surface area contributed by atoms with E-state index in [1.165, 1.54) is 88.5 Å². The number of benzene rings is 1. The fourth-order valence-electron chi connectivity index (χ4n) is 6.69. The maximum absolute atomic E-state index is 13.1. The number of likely N-dealkylation sites (tertiary alicyclic amines) is 1. The number of nitro groups is 1. The fraction of sp³-hybridized carbons (Fsp3) is 0.794. The highest BCUT2D eigenvalue weighted by atomic mass is 16.9. The topological polar surface area (TPSA) is 122 Å². The minimum atomic E-state index is -1.18. The molecule has 45 heavy (non-hydrogen) atoms. The monoisotopic (exact) mass is 633 g/mol. The number of anilines is 1. The second-order valence-corrected chi connectivity index (χ2v) is 13.2. The average molecular weight is 634 g/mol. The van der Waals surface area contributed by atoms with E-state index in [9.17, 15) is 14.9 Å². The number of carbonyl (C=O) groups excluding carboxylic acids is 1. The Morgan fingerprint density at radius 1 is 0.978 bits per heavy atom. The largest absolute Gasteiger partial charge is 0.440 e. The lowest BCUT2D eigenvalue weighted by Crippen LogP contribution is -2.46. The van der Waals surface area contributed by atoms with Crippen molar-refractivity contribution in [2.24, 2.45) is 0 Å². The van der Waals surface area contributed by atoms with Crippen LogP contribution in [-0.2, 0) is 23.7 Å². The second kappa shape index (κ2) is 17.6. The summed E-state index contributed by atoms with van der Waals surface area (Å²) in [5, 5.41) is 13.7. The molecule has 0 bridgehead atoms. The Labute approximate surface area is 268 Å². The summed E-state index contributed by atoms with van der Waals surface area (Å²) in [5.41, 5.74) is 0.336. The van der Waals surface area contributed by atoms with Crippen LogP contribution in [-0.4, -0.2) is 78.7 Å². The molecule has 254 valence electrons.